The van der Waals surface area contributed by atoms with Gasteiger partial charge in [0, 0.05) is 16.7 Å². The molecule has 0 atom stereocenters. The molecule has 4 rings (SSSR count). The molecule has 4 nitrogen and oxygen atoms in total. The molecule has 1 N–H and O–H groups in total. The summed E-state index contributed by atoms with van der Waals surface area (Å²) in [6.45, 7) is 5.68. The standard InChI is InChI=1S/C24H21FN2O2/c1-24(2,3)27-20-13-12-16(14-19(20)22(28)26-23(27)29)18-11-7-10-17(21(18)25)15-8-5-4-6-9-15/h4-14H,1-3H3,(H,26,28,29). The predicted octanol–water partition coefficient (Wildman–Crippen LogP) is 4.92. The zero-order chi connectivity index (χ0) is 20.8. The number of hydrogen-bond acceptors (Lipinski definition) is 2. The van der Waals surface area contributed by atoms with Gasteiger partial charge < -0.3 is 0 Å². The van der Waals surface area contributed by atoms with E-state index in [9.17, 15) is 9.59 Å². The van der Waals surface area contributed by atoms with E-state index in [2.05, 4.69) is 4.98 Å². The Morgan fingerprint density at radius 1 is 0.828 bits per heavy atom. The van der Waals surface area contributed by atoms with E-state index in [1.54, 1.807) is 41.0 Å². The van der Waals surface area contributed by atoms with Gasteiger partial charge in [-0.1, -0.05) is 54.6 Å². The molecule has 29 heavy (non-hydrogen) atoms. The molecule has 1 heterocycles. The average molecular weight is 388 g/mol. The largest absolute Gasteiger partial charge is 0.329 e. The zero-order valence-electron chi connectivity index (χ0n) is 16.5. The monoisotopic (exact) mass is 388 g/mol. The maximum absolute atomic E-state index is 15.3. The first-order valence-electron chi connectivity index (χ1n) is 9.41. The second-order valence-electron chi connectivity index (χ2n) is 8.03. The Morgan fingerprint density at radius 3 is 2.14 bits per heavy atom. The lowest BCUT2D eigenvalue weighted by atomic mass is 9.97. The van der Waals surface area contributed by atoms with Crippen LogP contribution >= 0.6 is 0 Å². The van der Waals surface area contributed by atoms with E-state index in [4.69, 9.17) is 0 Å². The van der Waals surface area contributed by atoms with Crippen molar-refractivity contribution in [3.8, 4) is 22.3 Å². The highest BCUT2D eigenvalue weighted by atomic mass is 19.1. The Bertz CT molecular complexity index is 1330. The molecular formula is C24H21FN2O2. The Hall–Kier alpha value is -3.47. The number of hydrogen-bond donors (Lipinski definition) is 1. The third kappa shape index (κ3) is 3.29. The Morgan fingerprint density at radius 2 is 1.48 bits per heavy atom. The molecule has 0 aliphatic rings. The van der Waals surface area contributed by atoms with Gasteiger partial charge >= 0.3 is 5.69 Å². The van der Waals surface area contributed by atoms with Gasteiger partial charge in [-0.15, -0.1) is 0 Å². The summed E-state index contributed by atoms with van der Waals surface area (Å²) in [5, 5.41) is 0.349. The number of nitrogens with one attached hydrogen (secondary N) is 1. The molecular weight excluding hydrogens is 367 g/mol. The van der Waals surface area contributed by atoms with E-state index in [0.717, 1.165) is 5.56 Å². The van der Waals surface area contributed by atoms with Gasteiger partial charge in [-0.2, -0.15) is 0 Å². The van der Waals surface area contributed by atoms with Crippen molar-refractivity contribution in [1.82, 2.24) is 9.55 Å². The van der Waals surface area contributed by atoms with Crippen molar-refractivity contribution in [3.63, 3.8) is 0 Å². The van der Waals surface area contributed by atoms with Crippen LogP contribution in [-0.4, -0.2) is 9.55 Å². The van der Waals surface area contributed by atoms with Crippen molar-refractivity contribution in [2.24, 2.45) is 0 Å². The normalized spacial score (nSPS) is 11.7. The molecule has 0 saturated carbocycles. The van der Waals surface area contributed by atoms with Crippen molar-refractivity contribution in [3.05, 3.63) is 93.4 Å². The molecule has 0 amide bonds. The number of fused-ring (bicyclic) bond motifs is 1. The van der Waals surface area contributed by atoms with Crippen molar-refractivity contribution in [1.29, 1.82) is 0 Å². The summed E-state index contributed by atoms with van der Waals surface area (Å²) < 4.78 is 16.9. The summed E-state index contributed by atoms with van der Waals surface area (Å²) in [4.78, 5) is 27.2. The highest BCUT2D eigenvalue weighted by molar-refractivity contribution is 5.85. The van der Waals surface area contributed by atoms with Gasteiger partial charge in [0.05, 0.1) is 10.9 Å². The SMILES string of the molecule is CC(C)(C)n1c(=O)[nH]c(=O)c2cc(-c3cccc(-c4ccccc4)c3F)ccc21. The van der Waals surface area contributed by atoms with Gasteiger partial charge in [0.15, 0.2) is 0 Å². The number of halogens is 1. The minimum atomic E-state index is -0.514. The lowest BCUT2D eigenvalue weighted by Gasteiger charge is -2.24. The lowest BCUT2D eigenvalue weighted by molar-refractivity contribution is 0.391. The molecule has 146 valence electrons. The van der Waals surface area contributed by atoms with Gasteiger partial charge in [0.1, 0.15) is 5.82 Å². The molecule has 0 spiro atoms. The van der Waals surface area contributed by atoms with Crippen LogP contribution in [0.2, 0.25) is 0 Å². The maximum Gasteiger partial charge on any atom is 0.329 e. The van der Waals surface area contributed by atoms with Gasteiger partial charge in [-0.3, -0.25) is 14.3 Å². The first-order valence-corrected chi connectivity index (χ1v) is 9.41. The fourth-order valence-electron chi connectivity index (χ4n) is 3.67. The van der Waals surface area contributed by atoms with Crippen LogP contribution in [0.1, 0.15) is 20.8 Å². The van der Waals surface area contributed by atoms with Crippen LogP contribution in [0.3, 0.4) is 0 Å². The first kappa shape index (κ1) is 18.9. The van der Waals surface area contributed by atoms with Crippen LogP contribution in [0.4, 0.5) is 4.39 Å². The summed E-state index contributed by atoms with van der Waals surface area (Å²) in [6, 6.07) is 19.6. The Labute approximate surface area is 167 Å². The topological polar surface area (TPSA) is 54.9 Å². The van der Waals surface area contributed by atoms with Crippen molar-refractivity contribution in [2.45, 2.75) is 26.3 Å². The van der Waals surface area contributed by atoms with Crippen LogP contribution < -0.4 is 11.2 Å². The molecule has 0 radical (unpaired) electrons. The molecule has 0 aliphatic heterocycles. The van der Waals surface area contributed by atoms with E-state index in [1.165, 1.54) is 0 Å². The minimum Gasteiger partial charge on any atom is -0.288 e. The highest BCUT2D eigenvalue weighted by Crippen LogP contribution is 2.32. The molecule has 0 unspecified atom stereocenters. The van der Waals surface area contributed by atoms with Gasteiger partial charge in [-0.25, -0.2) is 9.18 Å². The third-order valence-electron chi connectivity index (χ3n) is 4.97. The molecule has 0 bridgehead atoms. The van der Waals surface area contributed by atoms with E-state index < -0.39 is 16.8 Å². The molecule has 4 aromatic rings. The summed E-state index contributed by atoms with van der Waals surface area (Å²) in [5.41, 5.74) is 1.34. The van der Waals surface area contributed by atoms with Crippen molar-refractivity contribution in [2.75, 3.05) is 0 Å². The summed E-state index contributed by atoms with van der Waals surface area (Å²) >= 11 is 0. The van der Waals surface area contributed by atoms with Gasteiger partial charge in [0.2, 0.25) is 0 Å². The highest BCUT2D eigenvalue weighted by Gasteiger charge is 2.20. The van der Waals surface area contributed by atoms with E-state index >= 15 is 4.39 Å². The van der Waals surface area contributed by atoms with Gasteiger partial charge in [0.25, 0.3) is 5.56 Å². The maximum atomic E-state index is 15.3. The zero-order valence-corrected chi connectivity index (χ0v) is 16.5. The minimum absolute atomic E-state index is 0.348. The molecule has 3 aromatic carbocycles. The molecule has 0 saturated heterocycles. The fraction of sp³-hybridized carbons (Fsp3) is 0.167. The van der Waals surface area contributed by atoms with Crippen LogP contribution in [-0.2, 0) is 5.54 Å². The number of nitrogens with zero attached hydrogens (tertiary/aromatic N) is 1. The Kier molecular flexibility index (Phi) is 4.46. The number of aromatic amines is 1. The molecule has 0 aliphatic carbocycles. The Balaban J connectivity index is 1.95. The number of benzene rings is 3. The van der Waals surface area contributed by atoms with E-state index in [1.807, 2.05) is 51.1 Å². The number of aromatic nitrogens is 2. The molecule has 1 aromatic heterocycles. The quantitative estimate of drug-likeness (QED) is 0.530. The summed E-state index contributed by atoms with van der Waals surface area (Å²) in [5.74, 6) is -0.348. The number of rotatable bonds is 2. The second kappa shape index (κ2) is 6.85. The summed E-state index contributed by atoms with van der Waals surface area (Å²) in [6.07, 6.45) is 0. The van der Waals surface area contributed by atoms with Crippen LogP contribution in [0.15, 0.2) is 76.3 Å². The second-order valence-corrected chi connectivity index (χ2v) is 8.03. The smallest absolute Gasteiger partial charge is 0.288 e. The van der Waals surface area contributed by atoms with Gasteiger partial charge in [-0.05, 0) is 44.0 Å². The fourth-order valence-corrected chi connectivity index (χ4v) is 3.67. The van der Waals surface area contributed by atoms with Crippen LogP contribution in [0.25, 0.3) is 33.2 Å². The lowest BCUT2D eigenvalue weighted by Crippen LogP contribution is -2.39. The first-order chi connectivity index (χ1) is 13.8. The van der Waals surface area contributed by atoms with Crippen molar-refractivity contribution < 1.29 is 4.39 Å². The van der Waals surface area contributed by atoms with E-state index in [0.29, 0.717) is 27.6 Å². The van der Waals surface area contributed by atoms with Crippen LogP contribution in [0.5, 0.6) is 0 Å². The van der Waals surface area contributed by atoms with E-state index in [-0.39, 0.29) is 5.82 Å². The third-order valence-corrected chi connectivity index (χ3v) is 4.97. The number of H-pyrrole nitrogens is 1. The average Bonchev–Trinajstić information content (AvgIpc) is 2.68. The van der Waals surface area contributed by atoms with Crippen LogP contribution in [0, 0.1) is 5.82 Å². The van der Waals surface area contributed by atoms with Crippen molar-refractivity contribution >= 4 is 10.9 Å². The predicted molar refractivity (Wildman–Crippen MR) is 115 cm³/mol. The molecule has 5 heteroatoms. The molecule has 0 fully saturated rings. The summed E-state index contributed by atoms with van der Waals surface area (Å²) in [7, 11) is 0.